The van der Waals surface area contributed by atoms with Crippen LogP contribution in [0.1, 0.15) is 36.1 Å². The molecule has 1 saturated heterocycles. The van der Waals surface area contributed by atoms with Gasteiger partial charge in [0.15, 0.2) is 0 Å². The van der Waals surface area contributed by atoms with Crippen LogP contribution in [0, 0.1) is 4.37 Å². The van der Waals surface area contributed by atoms with Crippen molar-refractivity contribution in [3.8, 4) is 4.37 Å². The molecule has 1 nitrogen and oxygen atoms in total. The first-order valence-electron chi connectivity index (χ1n) is 16.9. The molecule has 0 unspecified atom stereocenters. The molecule has 5 aromatic rings. The quantitative estimate of drug-likeness (QED) is 0.0773. The van der Waals surface area contributed by atoms with Gasteiger partial charge in [-0.3, -0.25) is 0 Å². The van der Waals surface area contributed by atoms with E-state index in [4.69, 9.17) is 4.74 Å². The van der Waals surface area contributed by atoms with Crippen LogP contribution in [-0.2, 0) is 22.7 Å². The molecule has 0 spiro atoms. The predicted molar refractivity (Wildman–Crippen MR) is 214 cm³/mol. The predicted octanol–water partition coefficient (Wildman–Crippen LogP) is 10.6. The molecule has 1 fully saturated rings. The fourth-order valence-electron chi connectivity index (χ4n) is 6.34. The normalized spacial score (nSPS) is 15.7. The Hall–Kier alpha value is -4.65. The standard InChI is InChI=1S/C47H41OP.Os/c1-4-15-38-22-24-39(25-23-38)26-27-40-28-30-41(31-29-40)32-33-43(34-44-36-48-35-42(44)5-2)37(3)49(45-16-9-6-10-17-45,46-18-11-7-12-19-46)47-20-13-8-14-21-47;/h4-34H,35-36H2,1-2H3;/q+1;/b15-4+,27-26+,33-32+,42-5?,43-37?,44-34?;. The summed E-state index contributed by atoms with van der Waals surface area (Å²) in [6, 6.07) is 50.4. The van der Waals surface area contributed by atoms with Crippen molar-refractivity contribution in [1.29, 1.82) is 0 Å². The van der Waals surface area contributed by atoms with Crippen LogP contribution < -0.4 is 15.9 Å². The van der Waals surface area contributed by atoms with Gasteiger partial charge in [-0.1, -0.05) is 36.4 Å². The van der Waals surface area contributed by atoms with Crippen LogP contribution >= 0.6 is 7.26 Å². The molecular formula is C47H41OOsP+. The van der Waals surface area contributed by atoms with Crippen molar-refractivity contribution >= 4 is 47.5 Å². The van der Waals surface area contributed by atoms with E-state index >= 15 is 0 Å². The summed E-state index contributed by atoms with van der Waals surface area (Å²) in [6.45, 7) is 5.38. The van der Waals surface area contributed by atoms with Gasteiger partial charge >= 0.3 is 261 Å². The van der Waals surface area contributed by atoms with Crippen molar-refractivity contribution in [2.45, 2.75) is 13.8 Å². The molecule has 3 heteroatoms. The van der Waals surface area contributed by atoms with Gasteiger partial charge in [-0.25, -0.2) is 0 Å². The average Bonchev–Trinajstić information content (AvgIpc) is 3.64. The molecule has 0 N–H and O–H groups in total. The summed E-state index contributed by atoms with van der Waals surface area (Å²) in [5.74, 6) is 0. The SMILES string of the molecule is CC=C1COCC1=CC(/C=C/c1ccc(/C=C/c2ccc(/C=C/C)cc2)cc1)=C([C]#[Os])[P+](c1ccccc1)(c1ccccc1)c1ccccc1. The van der Waals surface area contributed by atoms with E-state index in [0.717, 1.165) is 16.7 Å². The molecule has 1 heterocycles. The summed E-state index contributed by atoms with van der Waals surface area (Å²) < 4.78 is 9.78. The fourth-order valence-corrected chi connectivity index (χ4v) is 12.2. The molecule has 0 aliphatic carbocycles. The van der Waals surface area contributed by atoms with Crippen molar-refractivity contribution in [3.63, 3.8) is 0 Å². The van der Waals surface area contributed by atoms with Crippen LogP contribution in [0.5, 0.6) is 0 Å². The van der Waals surface area contributed by atoms with Crippen molar-refractivity contribution in [1.82, 2.24) is 0 Å². The molecule has 0 aromatic heterocycles. The zero-order chi connectivity index (χ0) is 34.6. The van der Waals surface area contributed by atoms with Crippen LogP contribution in [0.2, 0.25) is 0 Å². The fraction of sp³-hybridized carbons (Fsp3) is 0.0851. The zero-order valence-corrected chi connectivity index (χ0v) is 32.0. The summed E-state index contributed by atoms with van der Waals surface area (Å²) in [5.41, 5.74) is 8.31. The number of benzene rings is 5. The van der Waals surface area contributed by atoms with Gasteiger partial charge in [-0.15, -0.1) is 0 Å². The molecule has 6 rings (SSSR count). The van der Waals surface area contributed by atoms with Gasteiger partial charge in [-0.05, 0) is 12.5 Å². The first-order chi connectivity index (χ1) is 24.6. The molecule has 0 radical (unpaired) electrons. The van der Waals surface area contributed by atoms with Gasteiger partial charge in [0.05, 0.1) is 0 Å². The Balaban J connectivity index is 1.48. The second kappa shape index (κ2) is 17.3. The van der Waals surface area contributed by atoms with Gasteiger partial charge in [0.1, 0.15) is 0 Å². The monoisotopic (exact) mass is 844 g/mol. The zero-order valence-electron chi connectivity index (χ0n) is 28.5. The second-order valence-electron chi connectivity index (χ2n) is 12.0. The van der Waals surface area contributed by atoms with Crippen LogP contribution in [0.15, 0.2) is 186 Å². The number of ether oxygens (including phenoxy) is 1. The number of hydrogen-bond acceptors (Lipinski definition) is 1. The molecule has 247 valence electrons. The maximum absolute atomic E-state index is 5.96. The van der Waals surface area contributed by atoms with E-state index in [-0.39, 0.29) is 0 Å². The van der Waals surface area contributed by atoms with Crippen molar-refractivity contribution in [3.05, 3.63) is 208 Å². The van der Waals surface area contributed by atoms with Gasteiger partial charge in [0.25, 0.3) is 0 Å². The average molecular weight is 843 g/mol. The molecule has 0 bridgehead atoms. The van der Waals surface area contributed by atoms with E-state index in [1.165, 1.54) is 43.5 Å². The molecule has 50 heavy (non-hydrogen) atoms. The first kappa shape index (κ1) is 35.2. The molecule has 0 saturated carbocycles. The third kappa shape index (κ3) is 8.04. The van der Waals surface area contributed by atoms with Gasteiger partial charge < -0.3 is 0 Å². The van der Waals surface area contributed by atoms with E-state index in [1.807, 2.05) is 24.9 Å². The summed E-state index contributed by atoms with van der Waals surface area (Å²) >= 11 is 1.81. The summed E-state index contributed by atoms with van der Waals surface area (Å²) in [4.78, 5) is 0. The summed E-state index contributed by atoms with van der Waals surface area (Å²) in [7, 11) is -2.37. The van der Waals surface area contributed by atoms with Crippen molar-refractivity contribution in [2.75, 3.05) is 13.2 Å². The third-order valence-corrected chi connectivity index (χ3v) is 14.3. The van der Waals surface area contributed by atoms with Crippen LogP contribution in [0.3, 0.4) is 0 Å². The summed E-state index contributed by atoms with van der Waals surface area (Å²) in [5, 5.41) is 5.12. The van der Waals surface area contributed by atoms with Crippen LogP contribution in [0.4, 0.5) is 0 Å². The van der Waals surface area contributed by atoms with E-state index in [1.54, 1.807) is 0 Å². The minimum atomic E-state index is -2.37. The number of allylic oxidation sites excluding steroid dienone is 6. The van der Waals surface area contributed by atoms with Crippen LogP contribution in [-0.4, -0.2) is 13.2 Å². The Labute approximate surface area is 308 Å². The molecule has 1 aliphatic heterocycles. The van der Waals surface area contributed by atoms with Gasteiger partial charge in [-0.2, -0.15) is 0 Å². The summed E-state index contributed by atoms with van der Waals surface area (Å²) in [6.07, 6.45) is 17.6. The number of hydrogen-bond donors (Lipinski definition) is 0. The second-order valence-corrected chi connectivity index (χ2v) is 16.0. The van der Waals surface area contributed by atoms with Crippen molar-refractivity contribution < 1.29 is 22.7 Å². The third-order valence-electron chi connectivity index (χ3n) is 8.88. The van der Waals surface area contributed by atoms with Gasteiger partial charge in [0.2, 0.25) is 0 Å². The maximum atomic E-state index is 5.96. The van der Waals surface area contributed by atoms with E-state index < -0.39 is 7.26 Å². The van der Waals surface area contributed by atoms with Gasteiger partial charge in [0, 0.05) is 0 Å². The minimum absolute atomic E-state index is 0.600. The molecule has 5 aromatic carbocycles. The molecular weight excluding hydrogens is 802 g/mol. The Bertz CT molecular complexity index is 2010. The topological polar surface area (TPSA) is 9.23 Å². The Kier molecular flexibility index (Phi) is 12.2. The molecule has 0 amide bonds. The van der Waals surface area contributed by atoms with Crippen molar-refractivity contribution in [2.24, 2.45) is 0 Å². The Morgan fingerprint density at radius 3 is 1.40 bits per heavy atom. The number of rotatable bonds is 10. The van der Waals surface area contributed by atoms with E-state index in [0.29, 0.717) is 13.2 Å². The van der Waals surface area contributed by atoms with Crippen LogP contribution in [0.25, 0.3) is 24.3 Å². The molecule has 1 aliphatic rings. The Morgan fingerprint density at radius 1 is 0.560 bits per heavy atom. The van der Waals surface area contributed by atoms with E-state index in [2.05, 4.69) is 199 Å². The first-order valence-corrected chi connectivity index (χ1v) is 20.0. The Morgan fingerprint density at radius 2 is 0.980 bits per heavy atom. The molecule has 0 atom stereocenters. The van der Waals surface area contributed by atoms with E-state index in [9.17, 15) is 0 Å².